The second-order valence-corrected chi connectivity index (χ2v) is 6.77. The normalized spacial score (nSPS) is 11.1. The number of pyridine rings is 2. The Morgan fingerprint density at radius 1 is 1.15 bits per heavy atom. The van der Waals surface area contributed by atoms with Crippen molar-refractivity contribution < 1.29 is 4.79 Å². The molecule has 4 aromatic heterocycles. The number of Topliss-reactive ketones (excluding diaryl/α,β-unsaturated/α-hetero) is 1. The molecule has 4 rings (SSSR count). The highest BCUT2D eigenvalue weighted by Crippen LogP contribution is 2.25. The molecule has 0 saturated heterocycles. The van der Waals surface area contributed by atoms with E-state index in [-0.39, 0.29) is 12.3 Å². The summed E-state index contributed by atoms with van der Waals surface area (Å²) in [5.74, 6) is 0.766. The lowest BCUT2D eigenvalue weighted by Crippen LogP contribution is -2.25. The minimum Gasteiger partial charge on any atom is -0.335 e. The molecule has 0 aliphatic heterocycles. The van der Waals surface area contributed by atoms with Crippen molar-refractivity contribution in [1.82, 2.24) is 25.3 Å². The monoisotopic (exact) mass is 363 g/mol. The van der Waals surface area contributed by atoms with Crippen LogP contribution in [0.4, 0.5) is 0 Å². The third kappa shape index (κ3) is 3.54. The van der Waals surface area contributed by atoms with Gasteiger partial charge in [-0.15, -0.1) is 11.3 Å². The van der Waals surface area contributed by atoms with Gasteiger partial charge in [-0.1, -0.05) is 6.07 Å². The number of imidazole rings is 1. The zero-order valence-electron chi connectivity index (χ0n) is 14.0. The summed E-state index contributed by atoms with van der Waals surface area (Å²) in [5.41, 5.74) is 3.06. The topological polar surface area (TPSA) is 83.6 Å². The lowest BCUT2D eigenvalue weighted by molar-refractivity contribution is 0.0992. The number of nitrogens with zero attached hydrogens (tertiary/aromatic N) is 3. The van der Waals surface area contributed by atoms with Crippen LogP contribution in [0.25, 0.3) is 21.9 Å². The molecule has 130 valence electrons. The molecule has 0 radical (unpaired) electrons. The highest BCUT2D eigenvalue weighted by molar-refractivity contribution is 7.13. The molecule has 0 atom stereocenters. The van der Waals surface area contributed by atoms with Crippen LogP contribution >= 0.6 is 11.3 Å². The van der Waals surface area contributed by atoms with Crippen molar-refractivity contribution >= 4 is 28.3 Å². The number of thiophene rings is 1. The molecule has 0 bridgehead atoms. The van der Waals surface area contributed by atoms with E-state index in [0.29, 0.717) is 16.7 Å². The highest BCUT2D eigenvalue weighted by Gasteiger charge is 2.15. The molecule has 0 unspecified atom stereocenters. The van der Waals surface area contributed by atoms with Gasteiger partial charge in [-0.3, -0.25) is 9.78 Å². The molecule has 0 saturated carbocycles. The Kier molecular flexibility index (Phi) is 4.81. The van der Waals surface area contributed by atoms with Crippen LogP contribution in [0.2, 0.25) is 0 Å². The van der Waals surface area contributed by atoms with E-state index in [2.05, 4.69) is 25.3 Å². The number of aromatic amines is 1. The van der Waals surface area contributed by atoms with Gasteiger partial charge in [0.15, 0.2) is 17.3 Å². The van der Waals surface area contributed by atoms with E-state index in [4.69, 9.17) is 0 Å². The third-order valence-electron chi connectivity index (χ3n) is 4.07. The van der Waals surface area contributed by atoms with Gasteiger partial charge in [0, 0.05) is 24.2 Å². The number of H-pyrrole nitrogens is 1. The van der Waals surface area contributed by atoms with Crippen molar-refractivity contribution in [3.63, 3.8) is 0 Å². The third-order valence-corrected chi connectivity index (χ3v) is 4.95. The summed E-state index contributed by atoms with van der Waals surface area (Å²) in [6, 6.07) is 9.66. The smallest absolute Gasteiger partial charge is 0.178 e. The molecule has 0 fully saturated rings. The van der Waals surface area contributed by atoms with Gasteiger partial charge in [0.2, 0.25) is 0 Å². The number of nitrogens with one attached hydrogen (secondary N) is 2. The van der Waals surface area contributed by atoms with E-state index in [0.717, 1.165) is 23.7 Å². The summed E-state index contributed by atoms with van der Waals surface area (Å²) in [6.07, 6.45) is 6.04. The first-order valence-electron chi connectivity index (χ1n) is 8.32. The minimum atomic E-state index is 0.0218. The van der Waals surface area contributed by atoms with Crippen molar-refractivity contribution in [3.8, 4) is 10.7 Å². The number of rotatable bonds is 7. The van der Waals surface area contributed by atoms with Gasteiger partial charge in [-0.25, -0.2) is 9.97 Å². The summed E-state index contributed by atoms with van der Waals surface area (Å²) in [5, 5.41) is 5.20. The van der Waals surface area contributed by atoms with Gasteiger partial charge < -0.3 is 10.3 Å². The van der Waals surface area contributed by atoms with Crippen LogP contribution < -0.4 is 5.32 Å². The second kappa shape index (κ2) is 7.55. The molecule has 2 N–H and O–H groups in total. The van der Waals surface area contributed by atoms with Crippen LogP contribution in [-0.4, -0.2) is 38.8 Å². The van der Waals surface area contributed by atoms with Crippen LogP contribution in [0.5, 0.6) is 0 Å². The van der Waals surface area contributed by atoms with Crippen molar-refractivity contribution in [1.29, 1.82) is 0 Å². The number of carbonyl (C=O) groups is 1. The van der Waals surface area contributed by atoms with Gasteiger partial charge >= 0.3 is 0 Å². The molecular weight excluding hydrogens is 346 g/mol. The zero-order chi connectivity index (χ0) is 17.8. The van der Waals surface area contributed by atoms with Crippen molar-refractivity contribution in [2.75, 3.05) is 13.1 Å². The molecular formula is C19H17N5OS. The van der Waals surface area contributed by atoms with Gasteiger partial charge in [0.1, 0.15) is 0 Å². The van der Waals surface area contributed by atoms with Crippen LogP contribution in [0.3, 0.4) is 0 Å². The molecule has 4 heterocycles. The fourth-order valence-electron chi connectivity index (χ4n) is 2.75. The van der Waals surface area contributed by atoms with Crippen LogP contribution in [0.1, 0.15) is 15.9 Å². The fraction of sp³-hybridized carbons (Fsp3) is 0.158. The second-order valence-electron chi connectivity index (χ2n) is 5.83. The van der Waals surface area contributed by atoms with Crippen molar-refractivity contribution in [3.05, 3.63) is 65.4 Å². The average Bonchev–Trinajstić information content (AvgIpc) is 3.34. The molecule has 4 aromatic rings. The molecule has 7 heteroatoms. The predicted molar refractivity (Wildman–Crippen MR) is 102 cm³/mol. The first kappa shape index (κ1) is 16.6. The molecule has 26 heavy (non-hydrogen) atoms. The van der Waals surface area contributed by atoms with E-state index in [9.17, 15) is 4.79 Å². The quantitative estimate of drug-likeness (QED) is 0.389. The van der Waals surface area contributed by atoms with E-state index >= 15 is 0 Å². The summed E-state index contributed by atoms with van der Waals surface area (Å²) in [4.78, 5) is 29.7. The SMILES string of the molecule is O=C(CNCCc1ccncc1)c1ccnc2nc(-c3cccs3)[nH]c12. The summed E-state index contributed by atoms with van der Waals surface area (Å²) < 4.78 is 0. The minimum absolute atomic E-state index is 0.0218. The molecule has 0 aliphatic carbocycles. The van der Waals surface area contributed by atoms with E-state index in [1.165, 1.54) is 5.56 Å². The number of hydrogen-bond acceptors (Lipinski definition) is 6. The summed E-state index contributed by atoms with van der Waals surface area (Å²) in [7, 11) is 0. The molecule has 0 aromatic carbocycles. The zero-order valence-corrected chi connectivity index (χ0v) is 14.8. The molecule has 0 aliphatic rings. The van der Waals surface area contributed by atoms with E-state index < -0.39 is 0 Å². The molecule has 6 nitrogen and oxygen atoms in total. The highest BCUT2D eigenvalue weighted by atomic mass is 32.1. The standard InChI is InChI=1S/C19H17N5OS/c25-15(12-21-9-5-13-3-7-20-8-4-13)14-6-10-22-19-17(14)23-18(24-19)16-2-1-11-26-16/h1-4,6-8,10-11,21H,5,9,12H2,(H,22,23,24). The van der Waals surface area contributed by atoms with Crippen LogP contribution in [0.15, 0.2) is 54.3 Å². The van der Waals surface area contributed by atoms with Crippen molar-refractivity contribution in [2.24, 2.45) is 0 Å². The Balaban J connectivity index is 1.45. The Morgan fingerprint density at radius 3 is 2.85 bits per heavy atom. The molecule has 0 amide bonds. The number of carbonyl (C=O) groups excluding carboxylic acids is 1. The lowest BCUT2D eigenvalue weighted by atomic mass is 10.1. The number of hydrogen-bond donors (Lipinski definition) is 2. The maximum atomic E-state index is 12.6. The maximum absolute atomic E-state index is 12.6. The summed E-state index contributed by atoms with van der Waals surface area (Å²) >= 11 is 1.60. The maximum Gasteiger partial charge on any atom is 0.178 e. The number of aromatic nitrogens is 4. The largest absolute Gasteiger partial charge is 0.335 e. The number of fused-ring (bicyclic) bond motifs is 1. The Bertz CT molecular complexity index is 1010. The Hall–Kier alpha value is -2.90. The van der Waals surface area contributed by atoms with Crippen LogP contribution in [0, 0.1) is 0 Å². The first-order valence-corrected chi connectivity index (χ1v) is 9.20. The Morgan fingerprint density at radius 2 is 2.04 bits per heavy atom. The Labute approximate surface area is 154 Å². The van der Waals surface area contributed by atoms with E-state index in [1.54, 1.807) is 36.0 Å². The lowest BCUT2D eigenvalue weighted by Gasteiger charge is -2.05. The van der Waals surface area contributed by atoms with Gasteiger partial charge in [0.25, 0.3) is 0 Å². The summed E-state index contributed by atoms with van der Waals surface area (Å²) in [6.45, 7) is 1.00. The fourth-order valence-corrected chi connectivity index (χ4v) is 3.42. The van der Waals surface area contributed by atoms with Gasteiger partial charge in [0.05, 0.1) is 16.9 Å². The van der Waals surface area contributed by atoms with E-state index in [1.807, 2.05) is 29.6 Å². The van der Waals surface area contributed by atoms with Crippen LogP contribution in [-0.2, 0) is 6.42 Å². The predicted octanol–water partition coefficient (Wildman–Crippen LogP) is 3.10. The first-order chi connectivity index (χ1) is 12.8. The van der Waals surface area contributed by atoms with Crippen molar-refractivity contribution in [2.45, 2.75) is 6.42 Å². The van der Waals surface area contributed by atoms with Gasteiger partial charge in [-0.2, -0.15) is 0 Å². The molecule has 0 spiro atoms. The number of ketones is 1. The van der Waals surface area contributed by atoms with Gasteiger partial charge in [-0.05, 0) is 48.2 Å². The average molecular weight is 363 g/mol.